The highest BCUT2D eigenvalue weighted by Crippen LogP contribution is 2.30. The molecule has 0 aliphatic heterocycles. The van der Waals surface area contributed by atoms with Crippen LogP contribution in [-0.2, 0) is 11.3 Å². The SMILES string of the molecule is COc1cccc(O[C@H](C)C(=O)NCc2ccc(-c3ncncc3-c3cc(C)no3)cc2)c1. The number of hydrogen-bond donors (Lipinski definition) is 1. The van der Waals surface area contributed by atoms with Crippen molar-refractivity contribution in [3.05, 3.63) is 78.4 Å². The van der Waals surface area contributed by atoms with Crippen LogP contribution in [0.5, 0.6) is 11.5 Å². The smallest absolute Gasteiger partial charge is 0.261 e. The van der Waals surface area contributed by atoms with E-state index in [0.29, 0.717) is 23.8 Å². The van der Waals surface area contributed by atoms with Crippen molar-refractivity contribution in [2.24, 2.45) is 0 Å². The molecule has 8 nitrogen and oxygen atoms in total. The van der Waals surface area contributed by atoms with Gasteiger partial charge in [0.2, 0.25) is 0 Å². The fourth-order valence-corrected chi connectivity index (χ4v) is 3.28. The topological polar surface area (TPSA) is 99.4 Å². The van der Waals surface area contributed by atoms with E-state index in [4.69, 9.17) is 14.0 Å². The van der Waals surface area contributed by atoms with E-state index in [1.54, 1.807) is 32.4 Å². The lowest BCUT2D eigenvalue weighted by Crippen LogP contribution is -2.35. The number of amides is 1. The molecule has 1 amide bonds. The second-order valence-corrected chi connectivity index (χ2v) is 7.47. The molecule has 1 atom stereocenters. The van der Waals surface area contributed by atoms with Gasteiger partial charge in [0.1, 0.15) is 17.8 Å². The number of carbonyl (C=O) groups is 1. The van der Waals surface area contributed by atoms with Gasteiger partial charge in [0.15, 0.2) is 11.9 Å². The zero-order valence-electron chi connectivity index (χ0n) is 18.6. The molecule has 0 radical (unpaired) electrons. The summed E-state index contributed by atoms with van der Waals surface area (Å²) in [5.41, 5.74) is 4.16. The van der Waals surface area contributed by atoms with Gasteiger partial charge in [-0.05, 0) is 31.5 Å². The molecule has 0 saturated carbocycles. The van der Waals surface area contributed by atoms with Crippen LogP contribution in [0.4, 0.5) is 0 Å². The van der Waals surface area contributed by atoms with Crippen LogP contribution < -0.4 is 14.8 Å². The molecule has 1 N–H and O–H groups in total. The number of aryl methyl sites for hydroxylation is 1. The summed E-state index contributed by atoms with van der Waals surface area (Å²) in [6.07, 6.45) is 2.56. The first kappa shape index (κ1) is 22.0. The Morgan fingerprint density at radius 1 is 1.12 bits per heavy atom. The van der Waals surface area contributed by atoms with Gasteiger partial charge in [0.05, 0.1) is 24.1 Å². The van der Waals surface area contributed by atoms with E-state index in [9.17, 15) is 4.79 Å². The summed E-state index contributed by atoms with van der Waals surface area (Å²) in [5, 5.41) is 6.85. The Hall–Kier alpha value is -4.20. The van der Waals surface area contributed by atoms with Crippen molar-refractivity contribution in [2.45, 2.75) is 26.5 Å². The van der Waals surface area contributed by atoms with E-state index in [1.807, 2.05) is 49.4 Å². The fraction of sp³-hybridized carbons (Fsp3) is 0.200. The van der Waals surface area contributed by atoms with Crippen molar-refractivity contribution in [2.75, 3.05) is 7.11 Å². The molecule has 8 heteroatoms. The molecule has 0 bridgehead atoms. The molecule has 0 spiro atoms. The Bertz CT molecular complexity index is 1240. The van der Waals surface area contributed by atoms with Gasteiger partial charge in [-0.1, -0.05) is 35.5 Å². The molecule has 4 rings (SSSR count). The highest BCUT2D eigenvalue weighted by atomic mass is 16.5. The first-order valence-corrected chi connectivity index (χ1v) is 10.4. The van der Waals surface area contributed by atoms with Crippen LogP contribution in [0.15, 0.2) is 71.6 Å². The monoisotopic (exact) mass is 444 g/mol. The van der Waals surface area contributed by atoms with Gasteiger partial charge in [-0.15, -0.1) is 0 Å². The van der Waals surface area contributed by atoms with Crippen molar-refractivity contribution in [3.63, 3.8) is 0 Å². The first-order chi connectivity index (χ1) is 16.0. The maximum absolute atomic E-state index is 12.5. The number of ether oxygens (including phenoxy) is 2. The molecular formula is C25H24N4O4. The highest BCUT2D eigenvalue weighted by molar-refractivity contribution is 5.81. The third-order valence-corrected chi connectivity index (χ3v) is 5.02. The quantitative estimate of drug-likeness (QED) is 0.435. The van der Waals surface area contributed by atoms with E-state index in [0.717, 1.165) is 28.1 Å². The van der Waals surface area contributed by atoms with Crippen molar-refractivity contribution in [1.82, 2.24) is 20.4 Å². The van der Waals surface area contributed by atoms with Crippen molar-refractivity contribution >= 4 is 5.91 Å². The standard InChI is InChI=1S/C25H24N4O4/c1-16-11-23(33-29-16)22-14-26-15-28-24(22)19-9-7-18(8-10-19)13-27-25(30)17(2)32-21-6-4-5-20(12-21)31-3/h4-12,14-15,17H,13H2,1-3H3,(H,27,30)/t17-/m1/s1. The van der Waals surface area contributed by atoms with Crippen LogP contribution in [0.25, 0.3) is 22.6 Å². The molecule has 0 saturated heterocycles. The largest absolute Gasteiger partial charge is 0.497 e. The Kier molecular flexibility index (Phi) is 6.64. The lowest BCUT2D eigenvalue weighted by Gasteiger charge is -2.15. The predicted octanol–water partition coefficient (Wildman–Crippen LogP) is 4.20. The summed E-state index contributed by atoms with van der Waals surface area (Å²) in [7, 11) is 1.58. The molecule has 0 unspecified atom stereocenters. The Morgan fingerprint density at radius 3 is 2.64 bits per heavy atom. The molecule has 0 aliphatic rings. The van der Waals surface area contributed by atoms with Crippen LogP contribution in [0, 0.1) is 6.92 Å². The van der Waals surface area contributed by atoms with Gasteiger partial charge < -0.3 is 19.3 Å². The maximum Gasteiger partial charge on any atom is 0.261 e. The summed E-state index contributed by atoms with van der Waals surface area (Å²) in [4.78, 5) is 21.0. The Morgan fingerprint density at radius 2 is 1.91 bits per heavy atom. The number of hydrogen-bond acceptors (Lipinski definition) is 7. The average molecular weight is 444 g/mol. The molecular weight excluding hydrogens is 420 g/mol. The van der Waals surface area contributed by atoms with E-state index in [-0.39, 0.29) is 5.91 Å². The summed E-state index contributed by atoms with van der Waals surface area (Å²) >= 11 is 0. The number of aromatic nitrogens is 3. The Balaban J connectivity index is 1.39. The van der Waals surface area contributed by atoms with E-state index >= 15 is 0 Å². The van der Waals surface area contributed by atoms with Gasteiger partial charge in [0.25, 0.3) is 5.91 Å². The third kappa shape index (κ3) is 5.35. The van der Waals surface area contributed by atoms with Crippen LogP contribution in [-0.4, -0.2) is 34.2 Å². The van der Waals surface area contributed by atoms with Crippen LogP contribution in [0.2, 0.25) is 0 Å². The molecule has 168 valence electrons. The number of nitrogens with zero attached hydrogens (tertiary/aromatic N) is 3. The minimum Gasteiger partial charge on any atom is -0.497 e. The van der Waals surface area contributed by atoms with E-state index < -0.39 is 6.10 Å². The second-order valence-electron chi connectivity index (χ2n) is 7.47. The molecule has 0 fully saturated rings. The van der Waals surface area contributed by atoms with Gasteiger partial charge in [-0.25, -0.2) is 9.97 Å². The van der Waals surface area contributed by atoms with Gasteiger partial charge in [-0.2, -0.15) is 0 Å². The maximum atomic E-state index is 12.5. The number of benzene rings is 2. The van der Waals surface area contributed by atoms with Crippen molar-refractivity contribution < 1.29 is 18.8 Å². The first-order valence-electron chi connectivity index (χ1n) is 10.4. The molecule has 2 aromatic carbocycles. The number of rotatable bonds is 8. The van der Waals surface area contributed by atoms with E-state index in [1.165, 1.54) is 6.33 Å². The lowest BCUT2D eigenvalue weighted by molar-refractivity contribution is -0.127. The van der Waals surface area contributed by atoms with Crippen molar-refractivity contribution in [1.29, 1.82) is 0 Å². The van der Waals surface area contributed by atoms with Gasteiger partial charge in [0, 0.05) is 30.4 Å². The normalized spacial score (nSPS) is 11.6. The van der Waals surface area contributed by atoms with Gasteiger partial charge >= 0.3 is 0 Å². The number of nitrogens with one attached hydrogen (secondary N) is 1. The minimum absolute atomic E-state index is 0.208. The zero-order chi connectivity index (χ0) is 23.2. The molecule has 2 aromatic heterocycles. The highest BCUT2D eigenvalue weighted by Gasteiger charge is 2.16. The predicted molar refractivity (Wildman–Crippen MR) is 123 cm³/mol. The molecule has 33 heavy (non-hydrogen) atoms. The average Bonchev–Trinajstić information content (AvgIpc) is 3.29. The third-order valence-electron chi connectivity index (χ3n) is 5.02. The molecule has 2 heterocycles. The summed E-state index contributed by atoms with van der Waals surface area (Å²) in [6, 6.07) is 16.8. The number of carbonyl (C=O) groups excluding carboxylic acids is 1. The zero-order valence-corrected chi connectivity index (χ0v) is 18.6. The molecule has 0 aliphatic carbocycles. The second kappa shape index (κ2) is 9.95. The van der Waals surface area contributed by atoms with Crippen LogP contribution in [0.3, 0.4) is 0 Å². The van der Waals surface area contributed by atoms with E-state index in [2.05, 4.69) is 20.4 Å². The Labute approximate surface area is 191 Å². The summed E-state index contributed by atoms with van der Waals surface area (Å²) < 4.78 is 16.3. The minimum atomic E-state index is -0.648. The number of methoxy groups -OCH3 is 1. The lowest BCUT2D eigenvalue weighted by atomic mass is 10.0. The van der Waals surface area contributed by atoms with Crippen LogP contribution >= 0.6 is 0 Å². The summed E-state index contributed by atoms with van der Waals surface area (Å²) in [5.74, 6) is 1.65. The fourth-order valence-electron chi connectivity index (χ4n) is 3.28. The van der Waals surface area contributed by atoms with Gasteiger partial charge in [-0.3, -0.25) is 4.79 Å². The van der Waals surface area contributed by atoms with Crippen LogP contribution in [0.1, 0.15) is 18.2 Å². The molecule has 4 aromatic rings. The van der Waals surface area contributed by atoms with Crippen molar-refractivity contribution in [3.8, 4) is 34.1 Å². The summed E-state index contributed by atoms with van der Waals surface area (Å²) in [6.45, 7) is 3.95.